The highest BCUT2D eigenvalue weighted by atomic mass is 32.1. The van der Waals surface area contributed by atoms with E-state index in [2.05, 4.69) is 40.8 Å². The maximum atomic E-state index is 10.7. The fourth-order valence-electron chi connectivity index (χ4n) is 4.83. The number of aromatic hydroxyl groups is 1. The van der Waals surface area contributed by atoms with Gasteiger partial charge in [-0.3, -0.25) is 4.98 Å². The topological polar surface area (TPSA) is 62.5 Å². The van der Waals surface area contributed by atoms with Gasteiger partial charge in [0.15, 0.2) is 5.11 Å². The van der Waals surface area contributed by atoms with Crippen LogP contribution in [-0.2, 0) is 0 Å². The Balaban J connectivity index is 1.69. The Morgan fingerprint density at radius 3 is 2.53 bits per heavy atom. The van der Waals surface area contributed by atoms with Crippen LogP contribution in [0.15, 0.2) is 79.0 Å². The van der Waals surface area contributed by atoms with Crippen molar-refractivity contribution < 1.29 is 9.84 Å². The zero-order chi connectivity index (χ0) is 23.8. The van der Waals surface area contributed by atoms with E-state index < -0.39 is 0 Å². The van der Waals surface area contributed by atoms with Crippen LogP contribution in [-0.4, -0.2) is 26.9 Å². The van der Waals surface area contributed by atoms with Crippen molar-refractivity contribution in [3.05, 3.63) is 102 Å². The summed E-state index contributed by atoms with van der Waals surface area (Å²) in [4.78, 5) is 6.63. The Morgan fingerprint density at radius 1 is 1.00 bits per heavy atom. The van der Waals surface area contributed by atoms with Crippen molar-refractivity contribution >= 4 is 23.0 Å². The minimum atomic E-state index is -0.207. The highest BCUT2D eigenvalue weighted by Gasteiger charge is 2.43. The van der Waals surface area contributed by atoms with Gasteiger partial charge >= 0.3 is 0 Å². The Hall–Kier alpha value is -3.84. The van der Waals surface area contributed by atoms with E-state index in [0.29, 0.717) is 10.8 Å². The van der Waals surface area contributed by atoms with Gasteiger partial charge in [-0.15, -0.1) is 0 Å². The Bertz CT molecular complexity index is 1350. The third-order valence-corrected chi connectivity index (χ3v) is 6.65. The summed E-state index contributed by atoms with van der Waals surface area (Å²) in [6.45, 7) is 4.21. The fourth-order valence-corrected chi connectivity index (χ4v) is 5.17. The number of pyridine rings is 1. The number of ether oxygens (including phenoxy) is 1. The van der Waals surface area contributed by atoms with Crippen molar-refractivity contribution in [3.8, 4) is 17.2 Å². The SMILES string of the molecule is COc1cccc(-n2c(C)cc([C@H]3[C@H](c4ccccn4)NC(=S)N3c3ccccc3O)c2C)c1. The molecule has 0 unspecified atom stereocenters. The summed E-state index contributed by atoms with van der Waals surface area (Å²) in [5, 5.41) is 14.7. The number of hydrogen-bond donors (Lipinski definition) is 2. The molecule has 1 saturated heterocycles. The second kappa shape index (κ2) is 8.83. The van der Waals surface area contributed by atoms with E-state index in [9.17, 15) is 5.11 Å². The first-order chi connectivity index (χ1) is 16.5. The first-order valence-electron chi connectivity index (χ1n) is 11.1. The Morgan fingerprint density at radius 2 is 1.79 bits per heavy atom. The predicted octanol–water partition coefficient (Wildman–Crippen LogP) is 5.38. The highest BCUT2D eigenvalue weighted by Crippen LogP contribution is 2.45. The van der Waals surface area contributed by atoms with E-state index in [1.54, 1.807) is 19.4 Å². The number of aromatic nitrogens is 2. The molecule has 1 fully saturated rings. The number of phenolic OH excluding ortho intramolecular Hbond substituents is 1. The van der Waals surface area contributed by atoms with Gasteiger partial charge in [-0.2, -0.15) is 0 Å². The molecule has 2 aromatic carbocycles. The number of aryl methyl sites for hydroxylation is 1. The molecule has 34 heavy (non-hydrogen) atoms. The lowest BCUT2D eigenvalue weighted by atomic mass is 9.96. The number of phenols is 1. The predicted molar refractivity (Wildman–Crippen MR) is 138 cm³/mol. The lowest BCUT2D eigenvalue weighted by Crippen LogP contribution is -2.29. The molecule has 1 aliphatic heterocycles. The van der Waals surface area contributed by atoms with Gasteiger partial charge in [-0.05, 0) is 74.1 Å². The molecule has 0 amide bonds. The molecule has 6 nitrogen and oxygen atoms in total. The lowest BCUT2D eigenvalue weighted by molar-refractivity contribution is 0.414. The molecule has 172 valence electrons. The van der Waals surface area contributed by atoms with Crippen molar-refractivity contribution in [2.24, 2.45) is 0 Å². The smallest absolute Gasteiger partial charge is 0.174 e. The molecule has 4 aromatic rings. The van der Waals surface area contributed by atoms with Crippen LogP contribution in [0.4, 0.5) is 5.69 Å². The average molecular weight is 471 g/mol. The van der Waals surface area contributed by atoms with Gasteiger partial charge in [0.1, 0.15) is 11.5 Å². The maximum absolute atomic E-state index is 10.7. The molecule has 0 bridgehead atoms. The Kier molecular flexibility index (Phi) is 5.71. The van der Waals surface area contributed by atoms with Gasteiger partial charge in [0.2, 0.25) is 0 Å². The van der Waals surface area contributed by atoms with Gasteiger partial charge in [0, 0.05) is 29.3 Å². The molecule has 2 aromatic heterocycles. The number of hydrogen-bond acceptors (Lipinski definition) is 4. The molecule has 0 aliphatic carbocycles. The van der Waals surface area contributed by atoms with Crippen LogP contribution in [0, 0.1) is 13.8 Å². The van der Waals surface area contributed by atoms with Crippen LogP contribution in [0.5, 0.6) is 11.5 Å². The number of nitrogens with one attached hydrogen (secondary N) is 1. The summed E-state index contributed by atoms with van der Waals surface area (Å²) < 4.78 is 7.67. The average Bonchev–Trinajstić information content (AvgIpc) is 3.35. The molecule has 2 N–H and O–H groups in total. The number of anilines is 1. The lowest BCUT2D eigenvalue weighted by Gasteiger charge is -2.28. The molecule has 3 heterocycles. The van der Waals surface area contributed by atoms with E-state index in [4.69, 9.17) is 17.0 Å². The standard InChI is InChI=1S/C27H26N4O2S/c1-17-15-21(18(2)30(17)19-9-8-10-20(16-19)33-3)26-25(22-11-6-7-14-28-22)29-27(34)31(26)23-12-4-5-13-24(23)32/h4-16,25-26,32H,1-3H3,(H,29,34)/t25-,26-/m0/s1. The molecule has 0 spiro atoms. The molecular formula is C27H26N4O2S. The fraction of sp³-hybridized carbons (Fsp3) is 0.185. The normalized spacial score (nSPS) is 17.6. The van der Waals surface area contributed by atoms with Crippen molar-refractivity contribution in [2.45, 2.75) is 25.9 Å². The van der Waals surface area contributed by atoms with Crippen LogP contribution in [0.3, 0.4) is 0 Å². The first-order valence-corrected chi connectivity index (χ1v) is 11.5. The second-order valence-corrected chi connectivity index (χ2v) is 8.74. The third kappa shape index (κ3) is 3.68. The van der Waals surface area contributed by atoms with E-state index in [1.165, 1.54) is 0 Å². The summed E-state index contributed by atoms with van der Waals surface area (Å²) in [5.41, 5.74) is 5.86. The summed E-state index contributed by atoms with van der Waals surface area (Å²) in [6.07, 6.45) is 1.79. The third-order valence-electron chi connectivity index (χ3n) is 6.34. The molecule has 7 heteroatoms. The van der Waals surface area contributed by atoms with Crippen LogP contribution in [0.2, 0.25) is 0 Å². The van der Waals surface area contributed by atoms with Crippen molar-refractivity contribution in [2.75, 3.05) is 12.0 Å². The van der Waals surface area contributed by atoms with E-state index in [0.717, 1.165) is 34.1 Å². The van der Waals surface area contributed by atoms with Crippen LogP contribution < -0.4 is 15.0 Å². The molecule has 0 radical (unpaired) electrons. The van der Waals surface area contributed by atoms with Crippen LogP contribution in [0.1, 0.15) is 34.7 Å². The maximum Gasteiger partial charge on any atom is 0.174 e. The van der Waals surface area contributed by atoms with Crippen LogP contribution >= 0.6 is 12.2 Å². The number of para-hydroxylation sites is 2. The second-order valence-electron chi connectivity index (χ2n) is 8.35. The van der Waals surface area contributed by atoms with Crippen molar-refractivity contribution in [3.63, 3.8) is 0 Å². The van der Waals surface area contributed by atoms with Crippen molar-refractivity contribution in [1.82, 2.24) is 14.9 Å². The number of benzene rings is 2. The molecular weight excluding hydrogens is 444 g/mol. The minimum Gasteiger partial charge on any atom is -0.506 e. The number of methoxy groups -OCH3 is 1. The largest absolute Gasteiger partial charge is 0.506 e. The number of rotatable bonds is 5. The van der Waals surface area contributed by atoms with Crippen molar-refractivity contribution in [1.29, 1.82) is 0 Å². The molecule has 5 rings (SSSR count). The zero-order valence-corrected chi connectivity index (χ0v) is 20.1. The molecule has 0 saturated carbocycles. The number of thiocarbonyl (C=S) groups is 1. The molecule has 2 atom stereocenters. The van der Waals surface area contributed by atoms with Crippen LogP contribution in [0.25, 0.3) is 5.69 Å². The monoisotopic (exact) mass is 470 g/mol. The summed E-state index contributed by atoms with van der Waals surface area (Å²) in [6, 6.07) is 23.0. The first kappa shape index (κ1) is 22.0. The Labute approximate surface area is 204 Å². The highest BCUT2D eigenvalue weighted by molar-refractivity contribution is 7.80. The van der Waals surface area contributed by atoms with Gasteiger partial charge in [-0.25, -0.2) is 0 Å². The van der Waals surface area contributed by atoms with Gasteiger partial charge in [0.25, 0.3) is 0 Å². The zero-order valence-electron chi connectivity index (χ0n) is 19.3. The summed E-state index contributed by atoms with van der Waals surface area (Å²) in [5.74, 6) is 0.984. The van der Waals surface area contributed by atoms with Gasteiger partial charge in [-0.1, -0.05) is 24.3 Å². The quantitative estimate of drug-likeness (QED) is 0.382. The molecule has 1 aliphatic rings. The minimum absolute atomic E-state index is 0.180. The van der Waals surface area contributed by atoms with E-state index in [-0.39, 0.29) is 17.8 Å². The number of nitrogens with zero attached hydrogens (tertiary/aromatic N) is 3. The van der Waals surface area contributed by atoms with Gasteiger partial charge < -0.3 is 24.6 Å². The van der Waals surface area contributed by atoms with E-state index >= 15 is 0 Å². The van der Waals surface area contributed by atoms with E-state index in [1.807, 2.05) is 59.5 Å². The summed E-state index contributed by atoms with van der Waals surface area (Å²) >= 11 is 5.80. The summed E-state index contributed by atoms with van der Waals surface area (Å²) in [7, 11) is 1.67. The van der Waals surface area contributed by atoms with Gasteiger partial charge in [0.05, 0.1) is 30.6 Å².